The maximum atomic E-state index is 13.7. The molecule has 1 saturated heterocycles. The summed E-state index contributed by atoms with van der Waals surface area (Å²) in [5, 5.41) is 5.98. The minimum Gasteiger partial charge on any atom is -0.368 e. The Bertz CT molecular complexity index is 1340. The Morgan fingerprint density at radius 2 is 1.80 bits per heavy atom. The molecule has 5 rings (SSSR count). The van der Waals surface area contributed by atoms with Crippen molar-refractivity contribution in [2.45, 2.75) is 26.3 Å². The Labute approximate surface area is 209 Å². The second-order valence-electron chi connectivity index (χ2n) is 9.10. The summed E-state index contributed by atoms with van der Waals surface area (Å²) in [7, 11) is 0. The van der Waals surface area contributed by atoms with Gasteiger partial charge in [-0.05, 0) is 54.1 Å². The highest BCUT2D eigenvalue weighted by molar-refractivity contribution is 7.12. The molecule has 0 unspecified atom stereocenters. The van der Waals surface area contributed by atoms with Crippen LogP contribution in [0.1, 0.15) is 26.4 Å². The molecule has 0 radical (unpaired) electrons. The quantitative estimate of drug-likeness (QED) is 0.421. The smallest absolute Gasteiger partial charge is 0.262 e. The number of para-hydroxylation sites is 1. The number of nitrogens with zero attached hydrogens (tertiary/aromatic N) is 2. The van der Waals surface area contributed by atoms with E-state index in [1.807, 2.05) is 46.8 Å². The number of fused-ring (bicyclic) bond motifs is 1. The van der Waals surface area contributed by atoms with Crippen LogP contribution in [0.15, 0.2) is 66.2 Å². The van der Waals surface area contributed by atoms with Gasteiger partial charge in [0, 0.05) is 55.4 Å². The van der Waals surface area contributed by atoms with Crippen molar-refractivity contribution in [1.82, 2.24) is 15.2 Å². The number of benzene rings is 2. The lowest BCUT2D eigenvalue weighted by molar-refractivity contribution is -0.133. The molecule has 2 N–H and O–H groups in total. The van der Waals surface area contributed by atoms with E-state index < -0.39 is 6.04 Å². The highest BCUT2D eigenvalue weighted by Gasteiger charge is 2.30. The molecule has 4 aromatic rings. The van der Waals surface area contributed by atoms with Crippen LogP contribution in [0.2, 0.25) is 0 Å². The van der Waals surface area contributed by atoms with Crippen molar-refractivity contribution in [1.29, 1.82) is 0 Å². The molecule has 0 spiro atoms. The number of nitrogens with one attached hydrogen (secondary N) is 2. The molecule has 35 heavy (non-hydrogen) atoms. The summed E-state index contributed by atoms with van der Waals surface area (Å²) in [6, 6.07) is 17.4. The van der Waals surface area contributed by atoms with Crippen molar-refractivity contribution < 1.29 is 9.59 Å². The summed E-state index contributed by atoms with van der Waals surface area (Å²) >= 11 is 1.38. The predicted octanol–water partition coefficient (Wildman–Crippen LogP) is 4.54. The lowest BCUT2D eigenvalue weighted by Crippen LogP contribution is -2.55. The molecule has 1 aliphatic rings. The molecule has 0 aliphatic carbocycles. The molecule has 2 aromatic heterocycles. The summed E-state index contributed by atoms with van der Waals surface area (Å²) in [6.07, 6.45) is 2.39. The lowest BCUT2D eigenvalue weighted by Gasteiger charge is -2.38. The maximum absolute atomic E-state index is 13.7. The zero-order chi connectivity index (χ0) is 24.4. The van der Waals surface area contributed by atoms with Crippen molar-refractivity contribution in [3.63, 3.8) is 0 Å². The second-order valence-corrected chi connectivity index (χ2v) is 10.0. The topological polar surface area (TPSA) is 68.4 Å². The highest BCUT2D eigenvalue weighted by atomic mass is 32.1. The van der Waals surface area contributed by atoms with Crippen LogP contribution >= 0.6 is 11.3 Å². The van der Waals surface area contributed by atoms with Crippen molar-refractivity contribution in [3.05, 3.63) is 87.7 Å². The predicted molar refractivity (Wildman–Crippen MR) is 142 cm³/mol. The maximum Gasteiger partial charge on any atom is 0.262 e. The number of carbonyl (C=O) groups is 2. The molecule has 6 nitrogen and oxygen atoms in total. The number of piperazine rings is 1. The molecule has 180 valence electrons. The SMILES string of the molecule is Cc1cccc(N2CCN(C(=O)[C@@H](Cc3c[nH]c4ccccc34)NC(=O)c3cccs3)CC2)c1C. The number of aromatic amines is 1. The summed E-state index contributed by atoms with van der Waals surface area (Å²) in [6.45, 7) is 7.09. The summed E-state index contributed by atoms with van der Waals surface area (Å²) in [4.78, 5) is 34.8. The van der Waals surface area contributed by atoms with E-state index in [0.29, 0.717) is 24.4 Å². The van der Waals surface area contributed by atoms with Gasteiger partial charge in [-0.25, -0.2) is 0 Å². The third-order valence-electron chi connectivity index (χ3n) is 6.96. The first-order valence-electron chi connectivity index (χ1n) is 12.0. The van der Waals surface area contributed by atoms with E-state index in [1.54, 1.807) is 6.07 Å². The van der Waals surface area contributed by atoms with Gasteiger partial charge in [-0.2, -0.15) is 0 Å². The fourth-order valence-electron chi connectivity index (χ4n) is 4.82. The van der Waals surface area contributed by atoms with E-state index in [0.717, 1.165) is 29.6 Å². The molecule has 2 amide bonds. The number of hydrogen-bond acceptors (Lipinski definition) is 4. The largest absolute Gasteiger partial charge is 0.368 e. The van der Waals surface area contributed by atoms with E-state index in [1.165, 1.54) is 28.2 Å². The Hall–Kier alpha value is -3.58. The fraction of sp³-hybridized carbons (Fsp3) is 0.286. The fourth-order valence-corrected chi connectivity index (χ4v) is 5.45. The van der Waals surface area contributed by atoms with Crippen LogP contribution in [-0.4, -0.2) is 53.9 Å². The van der Waals surface area contributed by atoms with Crippen molar-refractivity contribution in [2.75, 3.05) is 31.1 Å². The van der Waals surface area contributed by atoms with Crippen molar-refractivity contribution >= 4 is 39.7 Å². The van der Waals surface area contributed by atoms with Gasteiger partial charge in [0.25, 0.3) is 5.91 Å². The van der Waals surface area contributed by atoms with Crippen LogP contribution in [0, 0.1) is 13.8 Å². The van der Waals surface area contributed by atoms with Crippen molar-refractivity contribution in [2.24, 2.45) is 0 Å². The zero-order valence-corrected chi connectivity index (χ0v) is 20.9. The first kappa shape index (κ1) is 23.2. The van der Waals surface area contributed by atoms with E-state index in [2.05, 4.69) is 47.2 Å². The number of hydrogen-bond donors (Lipinski definition) is 2. The van der Waals surface area contributed by atoms with E-state index in [9.17, 15) is 9.59 Å². The second kappa shape index (κ2) is 9.96. The minimum atomic E-state index is -0.629. The van der Waals surface area contributed by atoms with Gasteiger partial charge >= 0.3 is 0 Å². The molecular weight excluding hydrogens is 456 g/mol. The summed E-state index contributed by atoms with van der Waals surface area (Å²) in [5.41, 5.74) is 5.85. The minimum absolute atomic E-state index is 0.0270. The van der Waals surface area contributed by atoms with Crippen LogP contribution in [0.25, 0.3) is 10.9 Å². The number of aryl methyl sites for hydroxylation is 1. The van der Waals surface area contributed by atoms with Crippen LogP contribution in [-0.2, 0) is 11.2 Å². The molecule has 3 heterocycles. The van der Waals surface area contributed by atoms with Crippen LogP contribution in [0.5, 0.6) is 0 Å². The number of H-pyrrole nitrogens is 1. The first-order valence-corrected chi connectivity index (χ1v) is 12.9. The number of amides is 2. The third kappa shape index (κ3) is 4.82. The third-order valence-corrected chi connectivity index (χ3v) is 7.82. The molecule has 1 fully saturated rings. The van der Waals surface area contributed by atoms with Crippen LogP contribution < -0.4 is 10.2 Å². The Balaban J connectivity index is 1.33. The van der Waals surface area contributed by atoms with Gasteiger partial charge in [0.15, 0.2) is 0 Å². The number of aromatic nitrogens is 1. The zero-order valence-electron chi connectivity index (χ0n) is 20.1. The normalized spacial score (nSPS) is 14.8. The van der Waals surface area contributed by atoms with E-state index >= 15 is 0 Å². The molecule has 1 atom stereocenters. The summed E-state index contributed by atoms with van der Waals surface area (Å²) in [5.74, 6) is -0.229. The molecular formula is C28H30N4O2S. The average molecular weight is 487 g/mol. The standard InChI is InChI=1S/C28H30N4O2S/c1-19-7-5-10-25(20(19)2)31-12-14-32(15-13-31)28(34)24(30-27(33)26-11-6-16-35-26)17-21-18-29-23-9-4-3-8-22(21)23/h3-11,16,18,24,29H,12-15,17H2,1-2H3,(H,30,33)/t24-/m1/s1. The summed E-state index contributed by atoms with van der Waals surface area (Å²) < 4.78 is 0. The van der Waals surface area contributed by atoms with Gasteiger partial charge in [-0.15, -0.1) is 11.3 Å². The van der Waals surface area contributed by atoms with Gasteiger partial charge in [-0.3, -0.25) is 9.59 Å². The van der Waals surface area contributed by atoms with Gasteiger partial charge in [-0.1, -0.05) is 36.4 Å². The van der Waals surface area contributed by atoms with Gasteiger partial charge < -0.3 is 20.1 Å². The van der Waals surface area contributed by atoms with Gasteiger partial charge in [0.2, 0.25) is 5.91 Å². The van der Waals surface area contributed by atoms with Crippen LogP contribution in [0.3, 0.4) is 0 Å². The van der Waals surface area contributed by atoms with Crippen LogP contribution in [0.4, 0.5) is 5.69 Å². The Morgan fingerprint density at radius 1 is 1.00 bits per heavy atom. The average Bonchev–Trinajstić information content (AvgIpc) is 3.56. The number of carbonyl (C=O) groups excluding carboxylic acids is 2. The molecule has 2 aromatic carbocycles. The molecule has 7 heteroatoms. The molecule has 0 saturated carbocycles. The Morgan fingerprint density at radius 3 is 2.57 bits per heavy atom. The monoisotopic (exact) mass is 486 g/mol. The molecule has 1 aliphatic heterocycles. The number of rotatable bonds is 6. The van der Waals surface area contributed by atoms with E-state index in [4.69, 9.17) is 0 Å². The lowest BCUT2D eigenvalue weighted by atomic mass is 10.0. The first-order chi connectivity index (χ1) is 17.0. The van der Waals surface area contributed by atoms with E-state index in [-0.39, 0.29) is 11.8 Å². The van der Waals surface area contributed by atoms with Gasteiger partial charge in [0.05, 0.1) is 4.88 Å². The van der Waals surface area contributed by atoms with Gasteiger partial charge in [0.1, 0.15) is 6.04 Å². The van der Waals surface area contributed by atoms with Crippen molar-refractivity contribution in [3.8, 4) is 0 Å². The highest BCUT2D eigenvalue weighted by Crippen LogP contribution is 2.25. The molecule has 0 bridgehead atoms. The Kier molecular flexibility index (Phi) is 6.59. The number of anilines is 1. The number of thiophene rings is 1.